The summed E-state index contributed by atoms with van der Waals surface area (Å²) in [5.74, 6) is 1.09. The molecule has 29 heavy (non-hydrogen) atoms. The van der Waals surface area contributed by atoms with Crippen molar-refractivity contribution >= 4 is 17.5 Å². The number of furan rings is 1. The molecule has 4 rings (SSSR count). The Kier molecular flexibility index (Phi) is 5.22. The van der Waals surface area contributed by atoms with Gasteiger partial charge < -0.3 is 18.7 Å². The minimum absolute atomic E-state index is 0.111. The number of halogens is 1. The number of nitrogens with one attached hydrogen (secondary N) is 1. The molecule has 148 valence electrons. The summed E-state index contributed by atoms with van der Waals surface area (Å²) < 4.78 is 12.9. The van der Waals surface area contributed by atoms with E-state index in [9.17, 15) is 4.79 Å². The second-order valence-electron chi connectivity index (χ2n) is 6.63. The lowest BCUT2D eigenvalue weighted by Crippen LogP contribution is -2.28. The van der Waals surface area contributed by atoms with Gasteiger partial charge in [-0.15, -0.1) is 10.2 Å². The van der Waals surface area contributed by atoms with Crippen molar-refractivity contribution in [3.05, 3.63) is 70.7 Å². The number of benzene rings is 1. The summed E-state index contributed by atoms with van der Waals surface area (Å²) in [6.45, 7) is 4.41. The first kappa shape index (κ1) is 19.0. The summed E-state index contributed by atoms with van der Waals surface area (Å²) in [5.41, 5.74) is 3.44. The van der Waals surface area contributed by atoms with Crippen LogP contribution in [0.3, 0.4) is 0 Å². The molecule has 0 atom stereocenters. The Balaban J connectivity index is 1.49. The molecule has 0 saturated heterocycles. The highest BCUT2D eigenvalue weighted by molar-refractivity contribution is 6.31. The molecule has 1 amide bonds. The first-order valence-electron chi connectivity index (χ1n) is 9.07. The van der Waals surface area contributed by atoms with Crippen molar-refractivity contribution in [3.8, 4) is 23.1 Å². The molecule has 0 aliphatic heterocycles. The fourth-order valence-corrected chi connectivity index (χ4v) is 3.33. The number of hydrogen-bond acceptors (Lipinski definition) is 5. The van der Waals surface area contributed by atoms with E-state index in [-0.39, 0.29) is 12.5 Å². The van der Waals surface area contributed by atoms with Gasteiger partial charge in [0.25, 0.3) is 5.89 Å². The van der Waals surface area contributed by atoms with Gasteiger partial charge in [0.1, 0.15) is 6.54 Å². The number of nitrogens with zero attached hydrogens (tertiary/aromatic N) is 3. The zero-order valence-electron chi connectivity index (χ0n) is 16.0. The van der Waals surface area contributed by atoms with Crippen molar-refractivity contribution in [2.24, 2.45) is 0 Å². The molecule has 0 saturated carbocycles. The molecule has 8 heteroatoms. The van der Waals surface area contributed by atoms with Gasteiger partial charge in [-0.3, -0.25) is 4.79 Å². The topological polar surface area (TPSA) is 86.1 Å². The first-order valence-corrected chi connectivity index (χ1v) is 9.45. The zero-order chi connectivity index (χ0) is 20.4. The van der Waals surface area contributed by atoms with Gasteiger partial charge in [0.2, 0.25) is 11.8 Å². The van der Waals surface area contributed by atoms with E-state index in [1.54, 1.807) is 24.5 Å². The van der Waals surface area contributed by atoms with Crippen LogP contribution >= 0.6 is 11.6 Å². The highest BCUT2D eigenvalue weighted by atomic mass is 35.5. The van der Waals surface area contributed by atoms with Gasteiger partial charge in [-0.05, 0) is 43.7 Å². The molecule has 3 heterocycles. The molecule has 0 aliphatic carbocycles. The quantitative estimate of drug-likeness (QED) is 0.509. The second kappa shape index (κ2) is 7.97. The summed E-state index contributed by atoms with van der Waals surface area (Å²) in [7, 11) is 0. The number of aryl methyl sites for hydroxylation is 1. The van der Waals surface area contributed by atoms with Crippen molar-refractivity contribution < 1.29 is 13.6 Å². The van der Waals surface area contributed by atoms with E-state index in [0.717, 1.165) is 22.5 Å². The van der Waals surface area contributed by atoms with Gasteiger partial charge >= 0.3 is 0 Å². The maximum atomic E-state index is 12.5. The van der Waals surface area contributed by atoms with Crippen molar-refractivity contribution in [2.75, 3.05) is 0 Å². The van der Waals surface area contributed by atoms with E-state index >= 15 is 0 Å². The molecule has 7 nitrogen and oxygen atoms in total. The van der Waals surface area contributed by atoms with Crippen LogP contribution in [0.2, 0.25) is 5.02 Å². The second-order valence-corrected chi connectivity index (χ2v) is 7.04. The van der Waals surface area contributed by atoms with Crippen molar-refractivity contribution in [1.29, 1.82) is 0 Å². The third kappa shape index (κ3) is 3.95. The number of aromatic nitrogens is 3. The average Bonchev–Trinajstić information content (AvgIpc) is 3.44. The van der Waals surface area contributed by atoms with Crippen LogP contribution in [0.4, 0.5) is 0 Å². The van der Waals surface area contributed by atoms with Gasteiger partial charge in [0.05, 0.1) is 11.8 Å². The monoisotopic (exact) mass is 410 g/mol. The van der Waals surface area contributed by atoms with Crippen LogP contribution in [0, 0.1) is 13.8 Å². The Morgan fingerprint density at radius 1 is 1.14 bits per heavy atom. The van der Waals surface area contributed by atoms with Gasteiger partial charge in [0.15, 0.2) is 5.76 Å². The number of carbonyl (C=O) groups is 1. The van der Waals surface area contributed by atoms with Gasteiger partial charge in [-0.25, -0.2) is 0 Å². The third-order valence-corrected chi connectivity index (χ3v) is 5.07. The SMILES string of the molecule is Cc1cc(-c2nnc(-c3ccco3)o2)c(C)n1CC(=O)NCc1ccccc1Cl. The summed E-state index contributed by atoms with van der Waals surface area (Å²) in [5, 5.41) is 11.7. The fraction of sp³-hybridized carbons (Fsp3) is 0.190. The highest BCUT2D eigenvalue weighted by Crippen LogP contribution is 2.28. The van der Waals surface area contributed by atoms with E-state index < -0.39 is 0 Å². The molecule has 0 spiro atoms. The van der Waals surface area contributed by atoms with Gasteiger partial charge in [-0.1, -0.05) is 29.8 Å². The number of hydrogen-bond donors (Lipinski definition) is 1. The molecule has 0 fully saturated rings. The summed E-state index contributed by atoms with van der Waals surface area (Å²) >= 11 is 6.14. The van der Waals surface area contributed by atoms with Gasteiger partial charge in [0, 0.05) is 23.0 Å². The molecule has 0 radical (unpaired) electrons. The Bertz CT molecular complexity index is 1140. The Hall–Kier alpha value is -3.32. The Labute approximate surface area is 172 Å². The van der Waals surface area contributed by atoms with E-state index in [0.29, 0.717) is 29.1 Å². The van der Waals surface area contributed by atoms with E-state index in [1.165, 1.54) is 0 Å². The standard InChI is InChI=1S/C21H19ClN4O3/c1-13-10-16(20-24-25-21(29-20)18-8-5-9-28-18)14(2)26(13)12-19(27)23-11-15-6-3-4-7-17(15)22/h3-10H,11-12H2,1-2H3,(H,23,27). The van der Waals surface area contributed by atoms with Crippen LogP contribution in [-0.4, -0.2) is 20.7 Å². The predicted octanol–water partition coefficient (Wildman–Crippen LogP) is 4.38. The van der Waals surface area contributed by atoms with Crippen LogP contribution in [0.5, 0.6) is 0 Å². The molecule has 1 N–H and O–H groups in total. The smallest absolute Gasteiger partial charge is 0.283 e. The van der Waals surface area contributed by atoms with Crippen LogP contribution in [0.25, 0.3) is 23.1 Å². The maximum absolute atomic E-state index is 12.5. The predicted molar refractivity (Wildman–Crippen MR) is 108 cm³/mol. The molecule has 0 unspecified atom stereocenters. The summed E-state index contributed by atoms with van der Waals surface area (Å²) in [6, 6.07) is 12.9. The van der Waals surface area contributed by atoms with Crippen LogP contribution in [-0.2, 0) is 17.9 Å². The fourth-order valence-electron chi connectivity index (χ4n) is 3.13. The molecule has 1 aromatic carbocycles. The Morgan fingerprint density at radius 2 is 1.93 bits per heavy atom. The van der Waals surface area contributed by atoms with E-state index in [1.807, 2.05) is 42.7 Å². The molecular formula is C21H19ClN4O3. The maximum Gasteiger partial charge on any atom is 0.283 e. The third-order valence-electron chi connectivity index (χ3n) is 4.70. The lowest BCUT2D eigenvalue weighted by Gasteiger charge is -2.11. The highest BCUT2D eigenvalue weighted by Gasteiger charge is 2.19. The minimum atomic E-state index is -0.111. The van der Waals surface area contributed by atoms with Crippen LogP contribution in [0.1, 0.15) is 17.0 Å². The Morgan fingerprint density at radius 3 is 2.69 bits per heavy atom. The lowest BCUT2D eigenvalue weighted by atomic mass is 10.2. The first-order chi connectivity index (χ1) is 14.0. The van der Waals surface area contributed by atoms with Gasteiger partial charge in [-0.2, -0.15) is 0 Å². The van der Waals surface area contributed by atoms with Crippen LogP contribution in [0.15, 0.2) is 57.6 Å². The number of carbonyl (C=O) groups excluding carboxylic acids is 1. The van der Waals surface area contributed by atoms with Crippen molar-refractivity contribution in [3.63, 3.8) is 0 Å². The lowest BCUT2D eigenvalue weighted by molar-refractivity contribution is -0.121. The number of rotatable bonds is 6. The van der Waals surface area contributed by atoms with E-state index in [2.05, 4.69) is 15.5 Å². The minimum Gasteiger partial charge on any atom is -0.459 e. The molecular weight excluding hydrogens is 392 g/mol. The molecule has 0 bridgehead atoms. The molecule has 4 aromatic rings. The van der Waals surface area contributed by atoms with Crippen LogP contribution < -0.4 is 5.32 Å². The molecule has 0 aliphatic rings. The largest absolute Gasteiger partial charge is 0.459 e. The van der Waals surface area contributed by atoms with E-state index in [4.69, 9.17) is 20.4 Å². The summed E-state index contributed by atoms with van der Waals surface area (Å²) in [4.78, 5) is 12.5. The number of amides is 1. The normalized spacial score (nSPS) is 11.0. The zero-order valence-corrected chi connectivity index (χ0v) is 16.7. The van der Waals surface area contributed by atoms with Crippen molar-refractivity contribution in [1.82, 2.24) is 20.1 Å². The average molecular weight is 411 g/mol. The summed E-state index contributed by atoms with van der Waals surface area (Å²) in [6.07, 6.45) is 1.55. The molecule has 3 aromatic heterocycles. The van der Waals surface area contributed by atoms with Crippen molar-refractivity contribution in [2.45, 2.75) is 26.9 Å².